The fourth-order valence-corrected chi connectivity index (χ4v) is 2.46. The molecule has 0 saturated carbocycles. The number of nitrogens with one attached hydrogen (secondary N) is 1. The van der Waals surface area contributed by atoms with E-state index in [4.69, 9.17) is 0 Å². The van der Waals surface area contributed by atoms with E-state index in [-0.39, 0.29) is 6.61 Å². The van der Waals surface area contributed by atoms with Gasteiger partial charge < -0.3 is 15.0 Å². The predicted molar refractivity (Wildman–Crippen MR) is 61.1 cm³/mol. The van der Waals surface area contributed by atoms with Gasteiger partial charge in [-0.15, -0.1) is 0 Å². The molecule has 3 nitrogen and oxygen atoms in total. The Bertz CT molecular complexity index is 516. The van der Waals surface area contributed by atoms with Crippen LogP contribution in [0.5, 0.6) is 0 Å². The molecule has 0 spiro atoms. The number of aromatic nitrogens is 1. The molecule has 15 heavy (non-hydrogen) atoms. The number of rotatable bonds is 1. The second-order valence-electron chi connectivity index (χ2n) is 4.14. The summed E-state index contributed by atoms with van der Waals surface area (Å²) in [4.78, 5) is 0. The topological polar surface area (TPSA) is 37.2 Å². The lowest BCUT2D eigenvalue weighted by atomic mass is 10.1. The molecule has 3 heteroatoms. The Morgan fingerprint density at radius 2 is 2.40 bits per heavy atom. The minimum absolute atomic E-state index is 0.110. The van der Waals surface area contributed by atoms with Gasteiger partial charge in [0.25, 0.3) is 0 Å². The summed E-state index contributed by atoms with van der Waals surface area (Å²) in [7, 11) is 0. The number of anilines is 1. The van der Waals surface area contributed by atoms with Crippen molar-refractivity contribution in [2.24, 2.45) is 0 Å². The molecule has 0 saturated heterocycles. The highest BCUT2D eigenvalue weighted by Crippen LogP contribution is 2.33. The highest BCUT2D eigenvalue weighted by molar-refractivity contribution is 5.93. The van der Waals surface area contributed by atoms with Gasteiger partial charge in [-0.1, -0.05) is 12.1 Å². The number of aliphatic hydroxyl groups is 1. The first-order valence-electron chi connectivity index (χ1n) is 5.29. The van der Waals surface area contributed by atoms with Gasteiger partial charge in [0.1, 0.15) is 0 Å². The van der Waals surface area contributed by atoms with E-state index in [0.717, 1.165) is 12.2 Å². The summed E-state index contributed by atoms with van der Waals surface area (Å²) < 4.78 is 2.24. The van der Waals surface area contributed by atoms with Crippen molar-refractivity contribution in [2.45, 2.75) is 19.6 Å². The molecule has 3 rings (SSSR count). The molecule has 2 N–H and O–H groups in total. The molecule has 0 aliphatic carbocycles. The minimum atomic E-state index is 0.110. The number of nitrogens with zero attached hydrogens (tertiary/aromatic N) is 1. The molecule has 1 unspecified atom stereocenters. The van der Waals surface area contributed by atoms with Gasteiger partial charge in [0, 0.05) is 23.7 Å². The van der Waals surface area contributed by atoms with Crippen LogP contribution in [0.2, 0.25) is 0 Å². The lowest BCUT2D eigenvalue weighted by Gasteiger charge is -2.25. The lowest BCUT2D eigenvalue weighted by Crippen LogP contribution is -2.22. The predicted octanol–water partition coefficient (Wildman–Crippen LogP) is 2.12. The molecular weight excluding hydrogens is 188 g/mol. The van der Waals surface area contributed by atoms with Crippen LogP contribution in [0.15, 0.2) is 24.3 Å². The Labute approximate surface area is 88.3 Å². The molecule has 0 bridgehead atoms. The molecule has 78 valence electrons. The summed E-state index contributed by atoms with van der Waals surface area (Å²) in [5, 5.41) is 14.0. The lowest BCUT2D eigenvalue weighted by molar-refractivity contribution is 0.268. The van der Waals surface area contributed by atoms with E-state index in [2.05, 4.69) is 35.0 Å². The monoisotopic (exact) mass is 202 g/mol. The molecule has 1 atom stereocenters. The number of hydrogen-bond acceptors (Lipinski definition) is 2. The molecule has 2 aromatic rings. The second-order valence-corrected chi connectivity index (χ2v) is 4.14. The number of hydrogen-bond donors (Lipinski definition) is 2. The zero-order valence-corrected chi connectivity index (χ0v) is 8.70. The second kappa shape index (κ2) is 3.00. The fourth-order valence-electron chi connectivity index (χ4n) is 2.46. The van der Waals surface area contributed by atoms with Crippen LogP contribution in [0.3, 0.4) is 0 Å². The normalized spacial score (nSPS) is 19.2. The molecule has 2 heterocycles. The third-order valence-electron chi connectivity index (χ3n) is 3.13. The molecular formula is C12H14N2O. The van der Waals surface area contributed by atoms with E-state index in [0.29, 0.717) is 6.04 Å². The van der Waals surface area contributed by atoms with E-state index in [1.807, 2.05) is 6.07 Å². The summed E-state index contributed by atoms with van der Waals surface area (Å²) in [6, 6.07) is 8.70. The van der Waals surface area contributed by atoms with Crippen LogP contribution >= 0.6 is 0 Å². The Morgan fingerprint density at radius 1 is 1.53 bits per heavy atom. The van der Waals surface area contributed by atoms with Crippen LogP contribution in [0.4, 0.5) is 5.69 Å². The van der Waals surface area contributed by atoms with Crippen LogP contribution in [0.25, 0.3) is 10.9 Å². The Kier molecular flexibility index (Phi) is 1.76. The van der Waals surface area contributed by atoms with Gasteiger partial charge in [-0.3, -0.25) is 0 Å². The highest BCUT2D eigenvalue weighted by atomic mass is 16.3. The molecule has 0 fully saturated rings. The molecule has 0 radical (unpaired) electrons. The zero-order valence-electron chi connectivity index (χ0n) is 8.70. The SMILES string of the molecule is CC1CNc2cccc3cc(CO)n1c23. The quantitative estimate of drug-likeness (QED) is 0.743. The maximum Gasteiger partial charge on any atom is 0.0833 e. The molecule has 1 aromatic heterocycles. The number of para-hydroxylation sites is 1. The first-order chi connectivity index (χ1) is 7.31. The van der Waals surface area contributed by atoms with Crippen molar-refractivity contribution in [3.05, 3.63) is 30.0 Å². The van der Waals surface area contributed by atoms with Gasteiger partial charge in [0.05, 0.1) is 17.8 Å². The average molecular weight is 202 g/mol. The Balaban J connectivity index is 2.42. The maximum absolute atomic E-state index is 9.34. The number of aliphatic hydroxyl groups excluding tert-OH is 1. The van der Waals surface area contributed by atoms with Crippen LogP contribution < -0.4 is 5.32 Å². The van der Waals surface area contributed by atoms with Crippen molar-refractivity contribution < 1.29 is 5.11 Å². The van der Waals surface area contributed by atoms with Crippen LogP contribution in [-0.4, -0.2) is 16.2 Å². The van der Waals surface area contributed by atoms with E-state index < -0.39 is 0 Å². The summed E-state index contributed by atoms with van der Waals surface area (Å²) in [5.74, 6) is 0. The summed E-state index contributed by atoms with van der Waals surface area (Å²) in [5.41, 5.74) is 3.40. The van der Waals surface area contributed by atoms with Crippen molar-refractivity contribution in [1.82, 2.24) is 4.57 Å². The van der Waals surface area contributed by atoms with Crippen LogP contribution in [0.1, 0.15) is 18.7 Å². The zero-order chi connectivity index (χ0) is 10.4. The maximum atomic E-state index is 9.34. The van der Waals surface area contributed by atoms with Crippen molar-refractivity contribution in [1.29, 1.82) is 0 Å². The van der Waals surface area contributed by atoms with Crippen LogP contribution in [0, 0.1) is 0 Å². The summed E-state index contributed by atoms with van der Waals surface area (Å²) in [6.45, 7) is 3.20. The van der Waals surface area contributed by atoms with E-state index in [9.17, 15) is 5.11 Å². The van der Waals surface area contributed by atoms with Gasteiger partial charge in [0.2, 0.25) is 0 Å². The van der Waals surface area contributed by atoms with Gasteiger partial charge in [-0.05, 0) is 19.1 Å². The first kappa shape index (κ1) is 8.80. The Morgan fingerprint density at radius 3 is 3.20 bits per heavy atom. The first-order valence-corrected chi connectivity index (χ1v) is 5.29. The van der Waals surface area contributed by atoms with Crippen molar-refractivity contribution in [2.75, 3.05) is 11.9 Å². The molecule has 0 amide bonds. The third-order valence-corrected chi connectivity index (χ3v) is 3.13. The van der Waals surface area contributed by atoms with Crippen molar-refractivity contribution >= 4 is 16.6 Å². The standard InChI is InChI=1S/C12H14N2O/c1-8-6-13-11-4-2-3-9-5-10(7-15)14(8)12(9)11/h2-5,8,13,15H,6-7H2,1H3. The Hall–Kier alpha value is -1.48. The summed E-state index contributed by atoms with van der Waals surface area (Å²) >= 11 is 0. The number of benzene rings is 1. The smallest absolute Gasteiger partial charge is 0.0833 e. The minimum Gasteiger partial charge on any atom is -0.390 e. The van der Waals surface area contributed by atoms with E-state index in [1.54, 1.807) is 0 Å². The van der Waals surface area contributed by atoms with Gasteiger partial charge in [0.15, 0.2) is 0 Å². The molecule has 1 aliphatic rings. The van der Waals surface area contributed by atoms with E-state index in [1.165, 1.54) is 16.6 Å². The van der Waals surface area contributed by atoms with Gasteiger partial charge >= 0.3 is 0 Å². The molecule has 1 aliphatic heterocycles. The van der Waals surface area contributed by atoms with Crippen LogP contribution in [-0.2, 0) is 6.61 Å². The average Bonchev–Trinajstić information content (AvgIpc) is 2.64. The third kappa shape index (κ3) is 1.10. The van der Waals surface area contributed by atoms with Gasteiger partial charge in [-0.2, -0.15) is 0 Å². The van der Waals surface area contributed by atoms with Crippen molar-refractivity contribution in [3.63, 3.8) is 0 Å². The van der Waals surface area contributed by atoms with E-state index >= 15 is 0 Å². The largest absolute Gasteiger partial charge is 0.390 e. The summed E-state index contributed by atoms with van der Waals surface area (Å²) in [6.07, 6.45) is 0. The molecule has 1 aromatic carbocycles. The van der Waals surface area contributed by atoms with Gasteiger partial charge in [-0.25, -0.2) is 0 Å². The van der Waals surface area contributed by atoms with Crippen molar-refractivity contribution in [3.8, 4) is 0 Å². The highest BCUT2D eigenvalue weighted by Gasteiger charge is 2.20. The fraction of sp³-hybridized carbons (Fsp3) is 0.333.